The van der Waals surface area contributed by atoms with Gasteiger partial charge in [0.25, 0.3) is 0 Å². The highest BCUT2D eigenvalue weighted by molar-refractivity contribution is 5.91. The van der Waals surface area contributed by atoms with E-state index in [1.54, 1.807) is 30.2 Å². The third-order valence-electron chi connectivity index (χ3n) is 5.13. The third-order valence-corrected chi connectivity index (χ3v) is 5.13. The molecule has 0 unspecified atom stereocenters. The Morgan fingerprint density at radius 1 is 1.16 bits per heavy atom. The molecule has 1 aliphatic heterocycles. The number of halogens is 1. The van der Waals surface area contributed by atoms with Crippen molar-refractivity contribution in [2.24, 2.45) is 0 Å². The Hall–Kier alpha value is -3.52. The fraction of sp³-hybridized carbons (Fsp3) is 0.261. The number of piperazine rings is 1. The van der Waals surface area contributed by atoms with Crippen LogP contribution in [0.4, 0.5) is 4.39 Å². The predicted molar refractivity (Wildman–Crippen MR) is 114 cm³/mol. The zero-order chi connectivity index (χ0) is 21.6. The van der Waals surface area contributed by atoms with Crippen LogP contribution in [0.3, 0.4) is 0 Å². The van der Waals surface area contributed by atoms with Crippen molar-refractivity contribution in [3.63, 3.8) is 0 Å². The van der Waals surface area contributed by atoms with E-state index in [1.165, 1.54) is 18.2 Å². The van der Waals surface area contributed by atoms with Gasteiger partial charge in [-0.3, -0.25) is 9.69 Å². The molecule has 160 valence electrons. The molecule has 1 fully saturated rings. The molecule has 0 radical (unpaired) electrons. The van der Waals surface area contributed by atoms with Crippen LogP contribution in [0, 0.1) is 5.82 Å². The molecule has 0 atom stereocenters. The van der Waals surface area contributed by atoms with Crippen molar-refractivity contribution in [1.29, 1.82) is 0 Å². The van der Waals surface area contributed by atoms with Gasteiger partial charge in [-0.15, -0.1) is 0 Å². The highest BCUT2D eigenvalue weighted by atomic mass is 19.1. The molecular formula is C23H23FN4O3. The van der Waals surface area contributed by atoms with Gasteiger partial charge in [0.15, 0.2) is 0 Å². The number of amides is 1. The van der Waals surface area contributed by atoms with E-state index in [0.717, 1.165) is 11.3 Å². The van der Waals surface area contributed by atoms with E-state index in [0.29, 0.717) is 50.0 Å². The number of benzene rings is 2. The van der Waals surface area contributed by atoms with E-state index in [-0.39, 0.29) is 11.7 Å². The first kappa shape index (κ1) is 20.7. The van der Waals surface area contributed by atoms with Gasteiger partial charge in [-0.25, -0.2) is 4.39 Å². The summed E-state index contributed by atoms with van der Waals surface area (Å²) >= 11 is 0. The van der Waals surface area contributed by atoms with Crippen molar-refractivity contribution in [3.8, 4) is 17.1 Å². The fourth-order valence-corrected chi connectivity index (χ4v) is 3.38. The van der Waals surface area contributed by atoms with Gasteiger partial charge in [0, 0.05) is 37.8 Å². The van der Waals surface area contributed by atoms with E-state index >= 15 is 0 Å². The van der Waals surface area contributed by atoms with Crippen LogP contribution in [0.2, 0.25) is 0 Å². The maximum atomic E-state index is 13.2. The molecule has 0 saturated carbocycles. The van der Waals surface area contributed by atoms with Crippen molar-refractivity contribution in [3.05, 3.63) is 71.9 Å². The van der Waals surface area contributed by atoms with Gasteiger partial charge in [0.05, 0.1) is 13.7 Å². The fourth-order valence-electron chi connectivity index (χ4n) is 3.38. The molecule has 7 nitrogen and oxygen atoms in total. The average molecular weight is 422 g/mol. The molecule has 0 spiro atoms. The molecule has 3 aromatic rings. The molecule has 1 amide bonds. The Kier molecular flexibility index (Phi) is 6.37. The molecule has 0 aliphatic carbocycles. The largest absolute Gasteiger partial charge is 0.497 e. The number of carbonyl (C=O) groups is 1. The minimum atomic E-state index is -0.320. The van der Waals surface area contributed by atoms with Crippen LogP contribution in [0.25, 0.3) is 17.5 Å². The van der Waals surface area contributed by atoms with Gasteiger partial charge in [-0.2, -0.15) is 4.98 Å². The number of carbonyl (C=O) groups excluding carboxylic acids is 1. The lowest BCUT2D eigenvalue weighted by molar-refractivity contribution is -0.127. The van der Waals surface area contributed by atoms with Crippen molar-refractivity contribution < 1.29 is 18.4 Å². The normalized spacial score (nSPS) is 14.8. The molecule has 4 rings (SSSR count). The Morgan fingerprint density at radius 2 is 1.94 bits per heavy atom. The van der Waals surface area contributed by atoms with Gasteiger partial charge >= 0.3 is 0 Å². The number of hydrogen-bond donors (Lipinski definition) is 0. The number of ether oxygens (including phenoxy) is 1. The number of hydrogen-bond acceptors (Lipinski definition) is 6. The van der Waals surface area contributed by atoms with Crippen molar-refractivity contribution >= 4 is 12.0 Å². The molecule has 2 aromatic carbocycles. The quantitative estimate of drug-likeness (QED) is 0.568. The van der Waals surface area contributed by atoms with Crippen LogP contribution in [0.15, 0.2) is 59.1 Å². The maximum absolute atomic E-state index is 13.2. The maximum Gasteiger partial charge on any atom is 0.246 e. The summed E-state index contributed by atoms with van der Waals surface area (Å²) in [7, 11) is 1.62. The first-order valence-electron chi connectivity index (χ1n) is 10.0. The van der Waals surface area contributed by atoms with Crippen LogP contribution in [-0.2, 0) is 11.3 Å². The van der Waals surface area contributed by atoms with Crippen molar-refractivity contribution in [1.82, 2.24) is 19.9 Å². The third kappa shape index (κ3) is 5.35. The Labute approximate surface area is 179 Å². The molecule has 0 bridgehead atoms. The number of rotatable bonds is 6. The summed E-state index contributed by atoms with van der Waals surface area (Å²) in [4.78, 5) is 20.8. The van der Waals surface area contributed by atoms with Gasteiger partial charge in [-0.1, -0.05) is 17.3 Å². The minimum absolute atomic E-state index is 0.0801. The van der Waals surface area contributed by atoms with Gasteiger partial charge in [-0.05, 0) is 48.0 Å². The lowest BCUT2D eigenvalue weighted by atomic mass is 10.2. The van der Waals surface area contributed by atoms with Gasteiger partial charge in [0.1, 0.15) is 11.6 Å². The summed E-state index contributed by atoms with van der Waals surface area (Å²) in [6.07, 6.45) is 3.13. The Bertz CT molecular complexity index is 1060. The SMILES string of the molecule is COc1ccc(-c2noc(CN3CCN(C(=O)/C=C/c4cccc(F)c4)CC3)n2)cc1. The first-order chi connectivity index (χ1) is 15.1. The number of aromatic nitrogens is 2. The highest BCUT2D eigenvalue weighted by Gasteiger charge is 2.21. The Balaban J connectivity index is 1.28. The zero-order valence-electron chi connectivity index (χ0n) is 17.2. The molecular weight excluding hydrogens is 399 g/mol. The highest BCUT2D eigenvalue weighted by Crippen LogP contribution is 2.20. The lowest BCUT2D eigenvalue weighted by Gasteiger charge is -2.33. The second-order valence-electron chi connectivity index (χ2n) is 7.23. The molecule has 1 aliphatic rings. The van der Waals surface area contributed by atoms with Crippen LogP contribution in [-0.4, -0.2) is 59.1 Å². The molecule has 2 heterocycles. The summed E-state index contributed by atoms with van der Waals surface area (Å²) in [5.41, 5.74) is 1.52. The van der Waals surface area contributed by atoms with E-state index in [1.807, 2.05) is 24.3 Å². The van der Waals surface area contributed by atoms with E-state index in [9.17, 15) is 9.18 Å². The first-order valence-corrected chi connectivity index (χ1v) is 10.0. The Morgan fingerprint density at radius 3 is 2.65 bits per heavy atom. The van der Waals surface area contributed by atoms with Gasteiger partial charge < -0.3 is 14.2 Å². The molecule has 31 heavy (non-hydrogen) atoms. The van der Waals surface area contributed by atoms with Crippen LogP contribution >= 0.6 is 0 Å². The molecule has 1 aromatic heterocycles. The van der Waals surface area contributed by atoms with Gasteiger partial charge in [0.2, 0.25) is 17.6 Å². The second-order valence-corrected chi connectivity index (χ2v) is 7.23. The monoisotopic (exact) mass is 422 g/mol. The van der Waals surface area contributed by atoms with E-state index in [4.69, 9.17) is 9.26 Å². The number of nitrogens with zero attached hydrogens (tertiary/aromatic N) is 4. The molecule has 1 saturated heterocycles. The summed E-state index contributed by atoms with van der Waals surface area (Å²) < 4.78 is 23.8. The summed E-state index contributed by atoms with van der Waals surface area (Å²) in [5, 5.41) is 4.06. The zero-order valence-corrected chi connectivity index (χ0v) is 17.2. The average Bonchev–Trinajstić information content (AvgIpc) is 3.26. The van der Waals surface area contributed by atoms with E-state index < -0.39 is 0 Å². The standard InChI is InChI=1S/C23H23FN4O3/c1-30-20-8-6-18(7-9-20)23-25-21(31-26-23)16-27-11-13-28(14-12-27)22(29)10-5-17-3-2-4-19(24)15-17/h2-10,15H,11-14,16H2,1H3/b10-5+. The van der Waals surface area contributed by atoms with Crippen molar-refractivity contribution in [2.45, 2.75) is 6.54 Å². The molecule has 0 N–H and O–H groups in total. The summed E-state index contributed by atoms with van der Waals surface area (Å²) in [6.45, 7) is 3.15. The van der Waals surface area contributed by atoms with Crippen LogP contribution in [0.5, 0.6) is 5.75 Å². The van der Waals surface area contributed by atoms with Crippen LogP contribution < -0.4 is 4.74 Å². The molecule has 8 heteroatoms. The topological polar surface area (TPSA) is 71.7 Å². The summed E-state index contributed by atoms with van der Waals surface area (Å²) in [5.74, 6) is 1.44. The smallest absolute Gasteiger partial charge is 0.246 e. The second kappa shape index (κ2) is 9.53. The summed E-state index contributed by atoms with van der Waals surface area (Å²) in [6, 6.07) is 13.6. The van der Waals surface area contributed by atoms with Crippen LogP contribution in [0.1, 0.15) is 11.5 Å². The lowest BCUT2D eigenvalue weighted by Crippen LogP contribution is -2.47. The van der Waals surface area contributed by atoms with Crippen molar-refractivity contribution in [2.75, 3.05) is 33.3 Å². The minimum Gasteiger partial charge on any atom is -0.497 e. The number of methoxy groups -OCH3 is 1. The van der Waals surface area contributed by atoms with E-state index in [2.05, 4.69) is 15.0 Å². The predicted octanol–water partition coefficient (Wildman–Crippen LogP) is 3.24.